The molecule has 0 N–H and O–H groups in total. The van der Waals surface area contributed by atoms with Gasteiger partial charge in [0.05, 0.1) is 12.2 Å². The Morgan fingerprint density at radius 3 is 3.00 bits per heavy atom. The van der Waals surface area contributed by atoms with Crippen LogP contribution in [0.3, 0.4) is 0 Å². The van der Waals surface area contributed by atoms with E-state index in [4.69, 9.17) is 4.74 Å². The van der Waals surface area contributed by atoms with Gasteiger partial charge in [-0.3, -0.25) is 4.79 Å². The second-order valence-electron chi connectivity index (χ2n) is 5.77. The Morgan fingerprint density at radius 2 is 2.32 bits per heavy atom. The Labute approximate surface area is 113 Å². The molecule has 5 nitrogen and oxygen atoms in total. The average molecular weight is 263 g/mol. The van der Waals surface area contributed by atoms with Crippen molar-refractivity contribution in [1.82, 2.24) is 9.55 Å². The molecule has 1 aliphatic heterocycles. The van der Waals surface area contributed by atoms with Crippen molar-refractivity contribution < 1.29 is 4.74 Å². The van der Waals surface area contributed by atoms with Crippen LogP contribution >= 0.6 is 0 Å². The maximum atomic E-state index is 12.5. The molecular formula is C14H21N3O2. The molecule has 0 spiro atoms. The average Bonchev–Trinajstić information content (AvgIpc) is 3.23. The van der Waals surface area contributed by atoms with Crippen LogP contribution in [0.15, 0.2) is 17.2 Å². The van der Waals surface area contributed by atoms with E-state index in [9.17, 15) is 4.79 Å². The van der Waals surface area contributed by atoms with E-state index in [1.807, 2.05) is 10.8 Å². The predicted molar refractivity (Wildman–Crippen MR) is 73.6 cm³/mol. The summed E-state index contributed by atoms with van der Waals surface area (Å²) in [6, 6.07) is 0.396. The summed E-state index contributed by atoms with van der Waals surface area (Å²) < 4.78 is 7.65. The molecule has 0 amide bonds. The highest BCUT2D eigenvalue weighted by Gasteiger charge is 2.33. The number of morpholine rings is 1. The van der Waals surface area contributed by atoms with E-state index in [1.165, 1.54) is 0 Å². The number of aromatic nitrogens is 2. The molecule has 1 aromatic rings. The van der Waals surface area contributed by atoms with E-state index in [0.717, 1.165) is 32.4 Å². The molecule has 0 aromatic carbocycles. The molecule has 1 unspecified atom stereocenters. The molecule has 104 valence electrons. The van der Waals surface area contributed by atoms with Crippen LogP contribution < -0.4 is 10.5 Å². The third-order valence-electron chi connectivity index (χ3n) is 4.17. The van der Waals surface area contributed by atoms with Crippen molar-refractivity contribution in [1.29, 1.82) is 0 Å². The van der Waals surface area contributed by atoms with Gasteiger partial charge in [-0.25, -0.2) is 4.98 Å². The second-order valence-corrected chi connectivity index (χ2v) is 5.77. The molecule has 1 saturated heterocycles. The van der Waals surface area contributed by atoms with Gasteiger partial charge in [0, 0.05) is 31.5 Å². The van der Waals surface area contributed by atoms with Crippen LogP contribution in [0.1, 0.15) is 39.2 Å². The highest BCUT2D eigenvalue weighted by atomic mass is 16.5. The molecule has 3 rings (SSSR count). The van der Waals surface area contributed by atoms with Gasteiger partial charge in [-0.15, -0.1) is 0 Å². The number of anilines is 1. The maximum absolute atomic E-state index is 12.5. The molecule has 1 aromatic heterocycles. The van der Waals surface area contributed by atoms with E-state index in [1.54, 1.807) is 6.20 Å². The zero-order valence-corrected chi connectivity index (χ0v) is 11.6. The SMILES string of the molecule is CCC1(C)CN(c2nccn(C3CC3)c2=O)CCO1. The highest BCUT2D eigenvalue weighted by Crippen LogP contribution is 2.33. The minimum atomic E-state index is -0.174. The number of ether oxygens (including phenoxy) is 1. The van der Waals surface area contributed by atoms with Crippen molar-refractivity contribution in [2.24, 2.45) is 0 Å². The summed E-state index contributed by atoms with van der Waals surface area (Å²) in [5.74, 6) is 0.581. The lowest BCUT2D eigenvalue weighted by Gasteiger charge is -2.40. The number of nitrogens with zero attached hydrogens (tertiary/aromatic N) is 3. The standard InChI is InChI=1S/C14H21N3O2/c1-3-14(2)10-16(8-9-19-14)12-13(18)17(7-6-15-12)11-4-5-11/h6-7,11H,3-5,8-10H2,1-2H3. The zero-order chi connectivity index (χ0) is 13.5. The highest BCUT2D eigenvalue weighted by molar-refractivity contribution is 5.37. The van der Waals surface area contributed by atoms with Gasteiger partial charge in [-0.2, -0.15) is 0 Å². The Kier molecular flexibility index (Phi) is 3.09. The van der Waals surface area contributed by atoms with Gasteiger partial charge in [0.15, 0.2) is 5.82 Å². The molecule has 1 aliphatic carbocycles. The maximum Gasteiger partial charge on any atom is 0.293 e. The van der Waals surface area contributed by atoms with Crippen molar-refractivity contribution in [2.45, 2.75) is 44.8 Å². The van der Waals surface area contributed by atoms with Gasteiger partial charge in [-0.05, 0) is 26.2 Å². The largest absolute Gasteiger partial charge is 0.372 e. The normalized spacial score (nSPS) is 27.6. The van der Waals surface area contributed by atoms with Crippen LogP contribution in [0, 0.1) is 0 Å². The molecule has 1 saturated carbocycles. The van der Waals surface area contributed by atoms with Crippen molar-refractivity contribution in [3.8, 4) is 0 Å². The lowest BCUT2D eigenvalue weighted by atomic mass is 10.0. The fraction of sp³-hybridized carbons (Fsp3) is 0.714. The molecule has 5 heteroatoms. The summed E-state index contributed by atoms with van der Waals surface area (Å²) in [7, 11) is 0. The third-order valence-corrected chi connectivity index (χ3v) is 4.17. The summed E-state index contributed by atoms with van der Waals surface area (Å²) in [6.07, 6.45) is 6.71. The van der Waals surface area contributed by atoms with Gasteiger partial charge in [-0.1, -0.05) is 6.92 Å². The van der Waals surface area contributed by atoms with Crippen LogP contribution in [0.4, 0.5) is 5.82 Å². The molecule has 2 heterocycles. The first-order chi connectivity index (χ1) is 9.13. The first-order valence-electron chi connectivity index (χ1n) is 7.09. The van der Waals surface area contributed by atoms with Gasteiger partial charge >= 0.3 is 0 Å². The second kappa shape index (κ2) is 4.63. The van der Waals surface area contributed by atoms with E-state index in [2.05, 4.69) is 23.7 Å². The molecule has 19 heavy (non-hydrogen) atoms. The van der Waals surface area contributed by atoms with Gasteiger partial charge in [0.2, 0.25) is 0 Å². The predicted octanol–water partition coefficient (Wildman–Crippen LogP) is 1.58. The number of rotatable bonds is 3. The van der Waals surface area contributed by atoms with Gasteiger partial charge in [0.1, 0.15) is 0 Å². The van der Waals surface area contributed by atoms with Crippen LogP contribution in [-0.4, -0.2) is 34.8 Å². The summed E-state index contributed by atoms with van der Waals surface area (Å²) >= 11 is 0. The first kappa shape index (κ1) is 12.7. The lowest BCUT2D eigenvalue weighted by molar-refractivity contribution is -0.0444. The molecule has 1 atom stereocenters. The quantitative estimate of drug-likeness (QED) is 0.831. The van der Waals surface area contributed by atoms with Gasteiger partial charge in [0.25, 0.3) is 5.56 Å². The van der Waals surface area contributed by atoms with Gasteiger partial charge < -0.3 is 14.2 Å². The van der Waals surface area contributed by atoms with Crippen molar-refractivity contribution in [3.63, 3.8) is 0 Å². The Hall–Kier alpha value is -1.36. The van der Waals surface area contributed by atoms with Crippen LogP contribution in [0.5, 0.6) is 0 Å². The van der Waals surface area contributed by atoms with E-state index < -0.39 is 0 Å². The van der Waals surface area contributed by atoms with Crippen molar-refractivity contribution in [3.05, 3.63) is 22.7 Å². The summed E-state index contributed by atoms with van der Waals surface area (Å²) in [6.45, 7) is 6.35. The zero-order valence-electron chi connectivity index (χ0n) is 11.6. The van der Waals surface area contributed by atoms with Crippen LogP contribution in [-0.2, 0) is 4.74 Å². The monoisotopic (exact) mass is 263 g/mol. The molecule has 2 fully saturated rings. The topological polar surface area (TPSA) is 47.4 Å². The minimum Gasteiger partial charge on any atom is -0.372 e. The van der Waals surface area contributed by atoms with Crippen LogP contribution in [0.2, 0.25) is 0 Å². The lowest BCUT2D eigenvalue weighted by Crippen LogP contribution is -2.51. The number of hydrogen-bond donors (Lipinski definition) is 0. The van der Waals surface area contributed by atoms with E-state index in [0.29, 0.717) is 18.5 Å². The Morgan fingerprint density at radius 1 is 1.53 bits per heavy atom. The summed E-state index contributed by atoms with van der Waals surface area (Å²) in [5.41, 5.74) is -0.127. The fourth-order valence-electron chi connectivity index (χ4n) is 2.60. The molecule has 0 bridgehead atoms. The van der Waals surface area contributed by atoms with Crippen molar-refractivity contribution in [2.75, 3.05) is 24.6 Å². The van der Waals surface area contributed by atoms with Crippen LogP contribution in [0.25, 0.3) is 0 Å². The smallest absolute Gasteiger partial charge is 0.293 e. The number of hydrogen-bond acceptors (Lipinski definition) is 4. The Bertz CT molecular complexity index is 524. The van der Waals surface area contributed by atoms with Crippen molar-refractivity contribution >= 4 is 5.82 Å². The molecule has 0 radical (unpaired) electrons. The molecular weight excluding hydrogens is 242 g/mol. The first-order valence-corrected chi connectivity index (χ1v) is 7.09. The molecule has 2 aliphatic rings. The minimum absolute atomic E-state index is 0.0466. The third kappa shape index (κ3) is 2.39. The Balaban J connectivity index is 1.89. The van der Waals surface area contributed by atoms with E-state index in [-0.39, 0.29) is 11.2 Å². The van der Waals surface area contributed by atoms with E-state index >= 15 is 0 Å². The summed E-state index contributed by atoms with van der Waals surface area (Å²) in [4.78, 5) is 18.9. The summed E-state index contributed by atoms with van der Waals surface area (Å²) in [5, 5.41) is 0. The fourth-order valence-corrected chi connectivity index (χ4v) is 2.60.